The van der Waals surface area contributed by atoms with Gasteiger partial charge in [0, 0.05) is 18.0 Å². The lowest BCUT2D eigenvalue weighted by atomic mass is 10.3. The lowest BCUT2D eigenvalue weighted by Crippen LogP contribution is -2.34. The first-order chi connectivity index (χ1) is 12.6. The summed E-state index contributed by atoms with van der Waals surface area (Å²) in [6, 6.07) is 3.44. The van der Waals surface area contributed by atoms with E-state index in [2.05, 4.69) is 20.6 Å². The van der Waals surface area contributed by atoms with Gasteiger partial charge < -0.3 is 10.6 Å². The number of nitrogens with one attached hydrogen (secondary N) is 2. The van der Waals surface area contributed by atoms with Crippen molar-refractivity contribution in [2.24, 2.45) is 0 Å². The van der Waals surface area contributed by atoms with E-state index < -0.39 is 41.9 Å². The lowest BCUT2D eigenvalue weighted by molar-refractivity contribution is -0.141. The molecule has 0 aliphatic rings. The topological polar surface area (TPSA) is 84.0 Å². The third-order valence-electron chi connectivity index (χ3n) is 2.91. The molecular formula is C15H11F5N4O2S. The van der Waals surface area contributed by atoms with Crippen molar-refractivity contribution in [1.29, 1.82) is 0 Å². The molecule has 0 atom stereocenters. The Morgan fingerprint density at radius 3 is 2.48 bits per heavy atom. The molecule has 0 unspecified atom stereocenters. The van der Waals surface area contributed by atoms with Gasteiger partial charge in [-0.05, 0) is 18.2 Å². The standard InChI is InChI=1S/C15H11F5N4O2S/c16-9-2-1-8(5-10(9)17)23-12(25)6-22-13(26)7-27-14-21-4-3-11(24-14)15(18,19)20/h1-5H,6-7H2,(H,22,26)(H,23,25). The number of amides is 2. The Morgan fingerprint density at radius 2 is 1.81 bits per heavy atom. The Labute approximate surface area is 153 Å². The molecule has 1 aromatic carbocycles. The van der Waals surface area contributed by atoms with Crippen molar-refractivity contribution in [3.63, 3.8) is 0 Å². The van der Waals surface area contributed by atoms with Crippen LogP contribution in [0.2, 0.25) is 0 Å². The van der Waals surface area contributed by atoms with E-state index in [-0.39, 0.29) is 16.6 Å². The molecule has 12 heteroatoms. The van der Waals surface area contributed by atoms with E-state index in [0.717, 1.165) is 24.4 Å². The minimum atomic E-state index is -4.63. The highest BCUT2D eigenvalue weighted by Gasteiger charge is 2.32. The fourth-order valence-corrected chi connectivity index (χ4v) is 2.37. The van der Waals surface area contributed by atoms with E-state index in [0.29, 0.717) is 17.8 Å². The number of hydrogen-bond acceptors (Lipinski definition) is 5. The van der Waals surface area contributed by atoms with Crippen LogP contribution in [0.25, 0.3) is 0 Å². The van der Waals surface area contributed by atoms with Gasteiger partial charge in [-0.3, -0.25) is 9.59 Å². The fourth-order valence-electron chi connectivity index (χ4n) is 1.71. The molecule has 0 radical (unpaired) electrons. The molecule has 0 saturated heterocycles. The Kier molecular flexibility index (Phi) is 6.66. The van der Waals surface area contributed by atoms with Gasteiger partial charge in [0.15, 0.2) is 16.8 Å². The fraction of sp³-hybridized carbons (Fsp3) is 0.200. The predicted octanol–water partition coefficient (Wildman–Crippen LogP) is 2.62. The van der Waals surface area contributed by atoms with E-state index in [1.54, 1.807) is 0 Å². The zero-order chi connectivity index (χ0) is 20.0. The number of thioether (sulfide) groups is 1. The number of carbonyl (C=O) groups is 2. The summed E-state index contributed by atoms with van der Waals surface area (Å²) in [6.45, 7) is -0.470. The summed E-state index contributed by atoms with van der Waals surface area (Å²) in [4.78, 5) is 30.2. The first-order valence-electron chi connectivity index (χ1n) is 7.20. The zero-order valence-corrected chi connectivity index (χ0v) is 14.1. The van der Waals surface area contributed by atoms with Crippen LogP contribution in [0.4, 0.5) is 27.6 Å². The largest absolute Gasteiger partial charge is 0.433 e. The molecule has 144 valence electrons. The second-order valence-corrected chi connectivity index (χ2v) is 5.91. The van der Waals surface area contributed by atoms with E-state index in [1.165, 1.54) is 0 Å². The number of carbonyl (C=O) groups excluding carboxylic acids is 2. The summed E-state index contributed by atoms with van der Waals surface area (Å²) >= 11 is 0.661. The molecule has 2 amide bonds. The number of halogens is 5. The third-order valence-corrected chi connectivity index (χ3v) is 3.77. The molecule has 0 spiro atoms. The average molecular weight is 406 g/mol. The molecule has 1 heterocycles. The number of nitrogens with zero attached hydrogens (tertiary/aromatic N) is 2. The smallest absolute Gasteiger partial charge is 0.346 e. The number of rotatable bonds is 6. The lowest BCUT2D eigenvalue weighted by Gasteiger charge is -2.08. The van der Waals surface area contributed by atoms with Gasteiger partial charge in [0.05, 0.1) is 12.3 Å². The summed E-state index contributed by atoms with van der Waals surface area (Å²) in [7, 11) is 0. The van der Waals surface area contributed by atoms with E-state index in [4.69, 9.17) is 0 Å². The van der Waals surface area contributed by atoms with E-state index in [9.17, 15) is 31.5 Å². The highest BCUT2D eigenvalue weighted by molar-refractivity contribution is 7.99. The van der Waals surface area contributed by atoms with Gasteiger partial charge in [-0.2, -0.15) is 13.2 Å². The van der Waals surface area contributed by atoms with Crippen LogP contribution >= 0.6 is 11.8 Å². The molecule has 0 bridgehead atoms. The number of aromatic nitrogens is 2. The SMILES string of the molecule is O=C(CSc1nccc(C(F)(F)F)n1)NCC(=O)Nc1ccc(F)c(F)c1. The van der Waals surface area contributed by atoms with Crippen LogP contribution in [-0.4, -0.2) is 34.1 Å². The summed E-state index contributed by atoms with van der Waals surface area (Å²) in [6.07, 6.45) is -3.70. The maximum absolute atomic E-state index is 13.0. The van der Waals surface area contributed by atoms with Gasteiger partial charge in [0.1, 0.15) is 5.69 Å². The number of benzene rings is 1. The van der Waals surface area contributed by atoms with E-state index in [1.807, 2.05) is 0 Å². The van der Waals surface area contributed by atoms with Crippen LogP contribution in [0.1, 0.15) is 5.69 Å². The summed E-state index contributed by atoms with van der Waals surface area (Å²) in [5.74, 6) is -3.89. The molecule has 2 rings (SSSR count). The Bertz CT molecular complexity index is 847. The first-order valence-corrected chi connectivity index (χ1v) is 8.18. The molecule has 0 aliphatic heterocycles. The highest BCUT2D eigenvalue weighted by Crippen LogP contribution is 2.28. The first kappa shape index (κ1) is 20.6. The molecule has 27 heavy (non-hydrogen) atoms. The third kappa shape index (κ3) is 6.47. The van der Waals surface area contributed by atoms with Gasteiger partial charge >= 0.3 is 6.18 Å². The molecule has 2 N–H and O–H groups in total. The summed E-state index contributed by atoms with van der Waals surface area (Å²) < 4.78 is 63.4. The van der Waals surface area contributed by atoms with Crippen LogP contribution in [-0.2, 0) is 15.8 Å². The van der Waals surface area contributed by atoms with Crippen LogP contribution in [0, 0.1) is 11.6 Å². The number of anilines is 1. The molecule has 0 saturated carbocycles. The van der Waals surface area contributed by atoms with E-state index >= 15 is 0 Å². The van der Waals surface area contributed by atoms with Crippen molar-refractivity contribution in [2.75, 3.05) is 17.6 Å². The predicted molar refractivity (Wildman–Crippen MR) is 85.8 cm³/mol. The van der Waals surface area contributed by atoms with Gasteiger partial charge in [-0.15, -0.1) is 0 Å². The zero-order valence-electron chi connectivity index (χ0n) is 13.3. The molecule has 6 nitrogen and oxygen atoms in total. The van der Waals surface area contributed by atoms with Crippen LogP contribution in [0.3, 0.4) is 0 Å². The van der Waals surface area contributed by atoms with Gasteiger partial charge in [-0.25, -0.2) is 18.7 Å². The minimum absolute atomic E-state index is 0.000102. The normalized spacial score (nSPS) is 11.1. The summed E-state index contributed by atoms with van der Waals surface area (Å²) in [5, 5.41) is 4.23. The van der Waals surface area contributed by atoms with Crippen molar-refractivity contribution in [3.8, 4) is 0 Å². The van der Waals surface area contributed by atoms with Gasteiger partial charge in [0.2, 0.25) is 11.8 Å². The van der Waals surface area contributed by atoms with Crippen molar-refractivity contribution in [3.05, 3.63) is 47.8 Å². The van der Waals surface area contributed by atoms with Crippen molar-refractivity contribution < 1.29 is 31.5 Å². The van der Waals surface area contributed by atoms with Crippen molar-refractivity contribution >= 4 is 29.3 Å². The molecule has 1 aromatic heterocycles. The summed E-state index contributed by atoms with van der Waals surface area (Å²) in [5.41, 5.74) is -1.13. The van der Waals surface area contributed by atoms with Crippen LogP contribution < -0.4 is 10.6 Å². The Morgan fingerprint density at radius 1 is 1.07 bits per heavy atom. The van der Waals surface area contributed by atoms with Crippen LogP contribution in [0.5, 0.6) is 0 Å². The molecule has 0 aliphatic carbocycles. The maximum Gasteiger partial charge on any atom is 0.433 e. The average Bonchev–Trinajstić information content (AvgIpc) is 2.61. The molecule has 0 fully saturated rings. The number of alkyl halides is 3. The maximum atomic E-state index is 13.0. The Balaban J connectivity index is 1.79. The van der Waals surface area contributed by atoms with Gasteiger partial charge in [0.25, 0.3) is 0 Å². The molecule has 2 aromatic rings. The minimum Gasteiger partial charge on any atom is -0.346 e. The van der Waals surface area contributed by atoms with Crippen LogP contribution in [0.15, 0.2) is 35.6 Å². The molecular weight excluding hydrogens is 395 g/mol. The highest BCUT2D eigenvalue weighted by atomic mass is 32.2. The van der Waals surface area contributed by atoms with Gasteiger partial charge in [-0.1, -0.05) is 11.8 Å². The van der Waals surface area contributed by atoms with Crippen molar-refractivity contribution in [2.45, 2.75) is 11.3 Å². The second-order valence-electron chi connectivity index (χ2n) is 4.96. The second kappa shape index (κ2) is 8.75. The number of hydrogen-bond donors (Lipinski definition) is 2. The monoisotopic (exact) mass is 406 g/mol. The Hall–Kier alpha value is -2.76. The van der Waals surface area contributed by atoms with Crippen molar-refractivity contribution in [1.82, 2.24) is 15.3 Å². The quantitative estimate of drug-likeness (QED) is 0.438.